The fourth-order valence-corrected chi connectivity index (χ4v) is 2.77. The van der Waals surface area contributed by atoms with E-state index in [9.17, 15) is 0 Å². The molecule has 0 unspecified atom stereocenters. The fourth-order valence-electron chi connectivity index (χ4n) is 1.69. The maximum absolute atomic E-state index is 5.67. The Morgan fingerprint density at radius 1 is 1.19 bits per heavy atom. The van der Waals surface area contributed by atoms with Gasteiger partial charge in [0.05, 0.1) is 5.69 Å². The van der Waals surface area contributed by atoms with Gasteiger partial charge in [0.15, 0.2) is 0 Å². The molecule has 0 spiro atoms. The highest BCUT2D eigenvalue weighted by molar-refractivity contribution is 7.15. The molecule has 1 aromatic carbocycles. The van der Waals surface area contributed by atoms with E-state index in [1.54, 1.807) is 11.3 Å². The highest BCUT2D eigenvalue weighted by Crippen LogP contribution is 2.31. The smallest absolute Gasteiger partial charge is 0.123 e. The Morgan fingerprint density at radius 2 is 1.81 bits per heavy atom. The molecule has 3 heteroatoms. The summed E-state index contributed by atoms with van der Waals surface area (Å²) in [5.41, 5.74) is 8.82. The summed E-state index contributed by atoms with van der Waals surface area (Å²) in [7, 11) is 0. The van der Waals surface area contributed by atoms with Gasteiger partial charge in [-0.3, -0.25) is 0 Å². The second kappa shape index (κ2) is 4.26. The monoisotopic (exact) mass is 232 g/mol. The molecule has 1 aromatic heterocycles. The molecular weight excluding hydrogens is 216 g/mol. The van der Waals surface area contributed by atoms with E-state index in [-0.39, 0.29) is 0 Å². The van der Waals surface area contributed by atoms with Crippen molar-refractivity contribution in [3.8, 4) is 10.6 Å². The molecule has 0 aliphatic heterocycles. The summed E-state index contributed by atoms with van der Waals surface area (Å²) < 4.78 is 0. The van der Waals surface area contributed by atoms with Crippen LogP contribution >= 0.6 is 11.3 Å². The van der Waals surface area contributed by atoms with E-state index in [1.807, 2.05) is 24.3 Å². The molecule has 0 saturated heterocycles. The first-order valence-corrected chi connectivity index (χ1v) is 6.23. The molecule has 0 aliphatic rings. The largest absolute Gasteiger partial charge is 0.399 e. The summed E-state index contributed by atoms with van der Waals surface area (Å²) in [6.45, 7) is 6.48. The molecule has 16 heavy (non-hydrogen) atoms. The first-order chi connectivity index (χ1) is 7.58. The van der Waals surface area contributed by atoms with Gasteiger partial charge in [0.2, 0.25) is 0 Å². The summed E-state index contributed by atoms with van der Waals surface area (Å²) in [5.74, 6) is 0.485. The molecule has 0 amide bonds. The minimum absolute atomic E-state index is 0.485. The Labute approximate surface area is 100 Å². The Bertz CT molecular complexity index is 483. The second-order valence-corrected chi connectivity index (χ2v) is 5.44. The summed E-state index contributed by atoms with van der Waals surface area (Å²) in [4.78, 5) is 5.99. The van der Waals surface area contributed by atoms with Crippen molar-refractivity contribution in [2.45, 2.75) is 26.7 Å². The normalized spacial score (nSPS) is 11.0. The van der Waals surface area contributed by atoms with Crippen LogP contribution < -0.4 is 5.73 Å². The van der Waals surface area contributed by atoms with Crippen molar-refractivity contribution in [2.75, 3.05) is 5.73 Å². The molecule has 0 bridgehead atoms. The number of hydrogen-bond donors (Lipinski definition) is 1. The first kappa shape index (κ1) is 11.1. The van der Waals surface area contributed by atoms with Crippen LogP contribution in [0.4, 0.5) is 5.69 Å². The van der Waals surface area contributed by atoms with Gasteiger partial charge in [0, 0.05) is 16.1 Å². The van der Waals surface area contributed by atoms with Crippen LogP contribution in [0.15, 0.2) is 24.3 Å². The van der Waals surface area contributed by atoms with E-state index in [0.717, 1.165) is 16.3 Å². The van der Waals surface area contributed by atoms with Gasteiger partial charge in [-0.15, -0.1) is 11.3 Å². The molecule has 0 atom stereocenters. The summed E-state index contributed by atoms with van der Waals surface area (Å²) in [6, 6.07) is 7.89. The Morgan fingerprint density at radius 3 is 2.31 bits per heavy atom. The molecule has 0 saturated carbocycles. The van der Waals surface area contributed by atoms with Crippen molar-refractivity contribution in [1.82, 2.24) is 4.98 Å². The average Bonchev–Trinajstić information content (AvgIpc) is 2.61. The zero-order valence-electron chi connectivity index (χ0n) is 9.82. The van der Waals surface area contributed by atoms with Crippen LogP contribution in [0.25, 0.3) is 10.6 Å². The van der Waals surface area contributed by atoms with E-state index >= 15 is 0 Å². The van der Waals surface area contributed by atoms with Gasteiger partial charge >= 0.3 is 0 Å². The standard InChI is InChI=1S/C13H16N2S/c1-8(2)12-9(3)16-13(15-12)10-4-6-11(14)7-5-10/h4-8H,14H2,1-3H3. The van der Waals surface area contributed by atoms with Crippen molar-refractivity contribution in [2.24, 2.45) is 0 Å². The van der Waals surface area contributed by atoms with Gasteiger partial charge in [-0.25, -0.2) is 4.98 Å². The lowest BCUT2D eigenvalue weighted by molar-refractivity contribution is 0.826. The first-order valence-electron chi connectivity index (χ1n) is 5.41. The van der Waals surface area contributed by atoms with Crippen LogP contribution in [0.2, 0.25) is 0 Å². The molecule has 2 nitrogen and oxygen atoms in total. The quantitative estimate of drug-likeness (QED) is 0.799. The van der Waals surface area contributed by atoms with Crippen molar-refractivity contribution >= 4 is 17.0 Å². The van der Waals surface area contributed by atoms with Gasteiger partial charge < -0.3 is 5.73 Å². The van der Waals surface area contributed by atoms with Gasteiger partial charge in [0.1, 0.15) is 5.01 Å². The lowest BCUT2D eigenvalue weighted by Gasteiger charge is -2.00. The van der Waals surface area contributed by atoms with Gasteiger partial charge in [-0.1, -0.05) is 13.8 Å². The topological polar surface area (TPSA) is 38.9 Å². The number of nitrogens with zero attached hydrogens (tertiary/aromatic N) is 1. The van der Waals surface area contributed by atoms with Crippen LogP contribution in [-0.4, -0.2) is 4.98 Å². The zero-order valence-corrected chi connectivity index (χ0v) is 10.6. The fraction of sp³-hybridized carbons (Fsp3) is 0.308. The highest BCUT2D eigenvalue weighted by Gasteiger charge is 2.11. The van der Waals surface area contributed by atoms with Crippen LogP contribution in [0.1, 0.15) is 30.3 Å². The van der Waals surface area contributed by atoms with Crippen LogP contribution in [-0.2, 0) is 0 Å². The van der Waals surface area contributed by atoms with E-state index < -0.39 is 0 Å². The number of anilines is 1. The van der Waals surface area contributed by atoms with Crippen molar-refractivity contribution in [3.05, 3.63) is 34.8 Å². The molecule has 0 aliphatic carbocycles. The van der Waals surface area contributed by atoms with E-state index in [4.69, 9.17) is 5.73 Å². The third-order valence-corrected chi connectivity index (χ3v) is 3.57. The molecule has 2 rings (SSSR count). The van der Waals surface area contributed by atoms with E-state index in [1.165, 1.54) is 10.6 Å². The molecule has 1 heterocycles. The lowest BCUT2D eigenvalue weighted by atomic mass is 10.1. The number of thiazole rings is 1. The minimum Gasteiger partial charge on any atom is -0.399 e. The lowest BCUT2D eigenvalue weighted by Crippen LogP contribution is -1.89. The van der Waals surface area contributed by atoms with E-state index in [2.05, 4.69) is 25.8 Å². The molecular formula is C13H16N2S. The van der Waals surface area contributed by atoms with Crippen molar-refractivity contribution in [1.29, 1.82) is 0 Å². The number of hydrogen-bond acceptors (Lipinski definition) is 3. The number of aryl methyl sites for hydroxylation is 1. The molecule has 84 valence electrons. The van der Waals surface area contributed by atoms with Crippen molar-refractivity contribution < 1.29 is 0 Å². The van der Waals surface area contributed by atoms with Gasteiger partial charge in [-0.05, 0) is 37.1 Å². The molecule has 0 fully saturated rings. The Hall–Kier alpha value is -1.35. The number of rotatable bonds is 2. The van der Waals surface area contributed by atoms with Crippen molar-refractivity contribution in [3.63, 3.8) is 0 Å². The minimum atomic E-state index is 0.485. The van der Waals surface area contributed by atoms with E-state index in [0.29, 0.717) is 5.92 Å². The van der Waals surface area contributed by atoms with Crippen LogP contribution in [0, 0.1) is 6.92 Å². The zero-order chi connectivity index (χ0) is 11.7. The third-order valence-electron chi connectivity index (χ3n) is 2.54. The van der Waals surface area contributed by atoms with Crippen LogP contribution in [0.5, 0.6) is 0 Å². The predicted octanol–water partition coefficient (Wildman–Crippen LogP) is 3.82. The number of nitrogens with two attached hydrogens (primary N) is 1. The number of benzene rings is 1. The maximum atomic E-state index is 5.67. The third kappa shape index (κ3) is 2.09. The highest BCUT2D eigenvalue weighted by atomic mass is 32.1. The molecule has 2 N–H and O–H groups in total. The molecule has 0 radical (unpaired) electrons. The van der Waals surface area contributed by atoms with Gasteiger partial charge in [-0.2, -0.15) is 0 Å². The second-order valence-electron chi connectivity index (χ2n) is 4.24. The molecule has 2 aromatic rings. The predicted molar refractivity (Wildman–Crippen MR) is 70.8 cm³/mol. The maximum Gasteiger partial charge on any atom is 0.123 e. The number of aromatic nitrogens is 1. The summed E-state index contributed by atoms with van der Waals surface area (Å²) >= 11 is 1.75. The summed E-state index contributed by atoms with van der Waals surface area (Å²) in [5, 5.41) is 1.08. The van der Waals surface area contributed by atoms with Gasteiger partial charge in [0.25, 0.3) is 0 Å². The summed E-state index contributed by atoms with van der Waals surface area (Å²) in [6.07, 6.45) is 0. The number of nitrogen functional groups attached to an aromatic ring is 1. The SMILES string of the molecule is Cc1sc(-c2ccc(N)cc2)nc1C(C)C. The van der Waals surface area contributed by atoms with Crippen LogP contribution in [0.3, 0.4) is 0 Å². The Kier molecular flexibility index (Phi) is 2.97. The average molecular weight is 232 g/mol. The Balaban J connectivity index is 2.41.